The van der Waals surface area contributed by atoms with E-state index in [9.17, 15) is 4.79 Å². The van der Waals surface area contributed by atoms with Crippen molar-refractivity contribution in [3.63, 3.8) is 0 Å². The van der Waals surface area contributed by atoms with Crippen LogP contribution in [0.25, 0.3) is 11.5 Å². The minimum absolute atomic E-state index is 0.0742. The summed E-state index contributed by atoms with van der Waals surface area (Å²) in [4.78, 5) is 19.0. The van der Waals surface area contributed by atoms with Gasteiger partial charge in [-0.25, -0.2) is 4.98 Å². The smallest absolute Gasteiger partial charge is 0.286 e. The summed E-state index contributed by atoms with van der Waals surface area (Å²) in [7, 11) is 0. The van der Waals surface area contributed by atoms with Crippen LogP contribution < -0.4 is 10.8 Å². The highest BCUT2D eigenvalue weighted by Gasteiger charge is 2.02. The summed E-state index contributed by atoms with van der Waals surface area (Å²) in [6.07, 6.45) is 2.52. The molecule has 2 heterocycles. The van der Waals surface area contributed by atoms with Crippen molar-refractivity contribution >= 4 is 11.5 Å². The lowest BCUT2D eigenvalue weighted by molar-refractivity contribution is 0.497. The van der Waals surface area contributed by atoms with Gasteiger partial charge in [0.05, 0.1) is 5.22 Å². The molecule has 2 rings (SSSR count). The van der Waals surface area contributed by atoms with Crippen LogP contribution in [0, 0.1) is 0 Å². The molecule has 0 saturated carbocycles. The number of hydrogen-bond acceptors (Lipinski definition) is 5. The fourth-order valence-electron chi connectivity index (χ4n) is 1.01. The molecule has 6 heteroatoms. The molecule has 66 valence electrons. The molecule has 0 aliphatic heterocycles. The van der Waals surface area contributed by atoms with Gasteiger partial charge < -0.3 is 5.11 Å². The van der Waals surface area contributed by atoms with Crippen LogP contribution in [0.1, 0.15) is 6.92 Å². The predicted molar refractivity (Wildman–Crippen MR) is 44.0 cm³/mol. The summed E-state index contributed by atoms with van der Waals surface area (Å²) in [5.41, 5.74) is -0.414. The molecule has 1 N–H and O–H groups in total. The topological polar surface area (TPSA) is 80.4 Å². The van der Waals surface area contributed by atoms with E-state index in [4.69, 9.17) is 5.11 Å². The molecule has 2 aromatic heterocycles. The molecule has 0 radical (unpaired) electrons. The minimum Gasteiger partial charge on any atom is -0.512 e. The second-order valence-corrected chi connectivity index (χ2v) is 2.53. The van der Waals surface area contributed by atoms with E-state index in [-0.39, 0.29) is 16.8 Å². The van der Waals surface area contributed by atoms with Gasteiger partial charge in [0.2, 0.25) is 0 Å². The lowest BCUT2D eigenvalue weighted by Gasteiger charge is -1.90. The van der Waals surface area contributed by atoms with Crippen molar-refractivity contribution in [3.8, 4) is 0 Å². The van der Waals surface area contributed by atoms with Gasteiger partial charge >= 0.3 is 0 Å². The molecule has 13 heavy (non-hydrogen) atoms. The highest BCUT2D eigenvalue weighted by atomic mass is 16.3. The lowest BCUT2D eigenvalue weighted by atomic mass is 10.4. The second-order valence-electron chi connectivity index (χ2n) is 2.53. The first-order valence-electron chi connectivity index (χ1n) is 3.59. The lowest BCUT2D eigenvalue weighted by Crippen LogP contribution is -2.33. The summed E-state index contributed by atoms with van der Waals surface area (Å²) < 4.78 is 1.04. The van der Waals surface area contributed by atoms with E-state index in [1.54, 1.807) is 0 Å². The zero-order chi connectivity index (χ0) is 9.42. The van der Waals surface area contributed by atoms with Gasteiger partial charge in [0.25, 0.3) is 11.3 Å². The Hall–Kier alpha value is -1.98. The van der Waals surface area contributed by atoms with Crippen molar-refractivity contribution in [2.24, 2.45) is 0 Å². The van der Waals surface area contributed by atoms with Crippen LogP contribution in [0.4, 0.5) is 0 Å². The Morgan fingerprint density at radius 3 is 3.00 bits per heavy atom. The Kier molecular flexibility index (Phi) is 1.48. The summed E-state index contributed by atoms with van der Waals surface area (Å²) in [6.45, 7) is 1.42. The molecular weight excluding hydrogens is 172 g/mol. The minimum atomic E-state index is -0.414. The first-order valence-corrected chi connectivity index (χ1v) is 3.59. The molecule has 2 aromatic rings. The fourth-order valence-corrected chi connectivity index (χ4v) is 1.01. The molecule has 6 nitrogen and oxygen atoms in total. The van der Waals surface area contributed by atoms with Gasteiger partial charge in [-0.1, -0.05) is 0 Å². The number of nitrogens with zero attached hydrogens (tertiary/aromatic N) is 4. The zero-order valence-corrected chi connectivity index (χ0v) is 6.80. The molecule has 0 aromatic carbocycles. The number of aliphatic hydroxyl groups excluding tert-OH is 1. The maximum absolute atomic E-state index is 11.5. The van der Waals surface area contributed by atoms with E-state index in [2.05, 4.69) is 15.1 Å². The first-order chi connectivity index (χ1) is 6.20. The Morgan fingerprint density at radius 1 is 1.54 bits per heavy atom. The molecule has 0 spiro atoms. The van der Waals surface area contributed by atoms with Gasteiger partial charge in [0, 0.05) is 6.20 Å². The summed E-state index contributed by atoms with van der Waals surface area (Å²) in [5.74, 6) is 0.157. The van der Waals surface area contributed by atoms with Crippen LogP contribution in [0.15, 0.2) is 17.3 Å². The Morgan fingerprint density at radius 2 is 2.31 bits per heavy atom. The third-order valence-electron chi connectivity index (χ3n) is 1.65. The third kappa shape index (κ3) is 1.03. The largest absolute Gasteiger partial charge is 0.512 e. The van der Waals surface area contributed by atoms with E-state index < -0.39 is 5.56 Å². The fraction of sp³-hybridized carbons (Fsp3) is 0.143. The van der Waals surface area contributed by atoms with E-state index in [1.807, 2.05) is 0 Å². The van der Waals surface area contributed by atoms with Crippen molar-refractivity contribution in [2.45, 2.75) is 6.92 Å². The Balaban J connectivity index is 3.07. The number of aromatic nitrogens is 4. The summed E-state index contributed by atoms with van der Waals surface area (Å²) >= 11 is 0. The molecule has 0 bridgehead atoms. The molecule has 0 atom stereocenters. The standard InChI is InChI=1S/C7H6N4O2/c1-4(12)5-2-8-7-9-3-10-11(7)6(5)13/h2-3,12H,1H3. The maximum Gasteiger partial charge on any atom is 0.286 e. The average molecular weight is 178 g/mol. The van der Waals surface area contributed by atoms with E-state index in [1.165, 1.54) is 19.4 Å². The quantitative estimate of drug-likeness (QED) is 0.553. The van der Waals surface area contributed by atoms with Crippen LogP contribution in [-0.4, -0.2) is 24.7 Å². The number of hydrogen-bond donors (Lipinski definition) is 1. The van der Waals surface area contributed by atoms with Gasteiger partial charge in [-0.2, -0.15) is 14.6 Å². The molecule has 0 fully saturated rings. The van der Waals surface area contributed by atoms with Gasteiger partial charge in [-0.3, -0.25) is 4.79 Å². The maximum atomic E-state index is 11.5. The van der Waals surface area contributed by atoms with Gasteiger partial charge in [-0.05, 0) is 6.92 Å². The van der Waals surface area contributed by atoms with E-state index >= 15 is 0 Å². The number of aliphatic hydroxyl groups is 1. The molecular formula is C7H6N4O2. The van der Waals surface area contributed by atoms with Crippen molar-refractivity contribution in [1.82, 2.24) is 19.6 Å². The first kappa shape index (κ1) is 7.66. The average Bonchev–Trinajstić information content (AvgIpc) is 2.52. The van der Waals surface area contributed by atoms with Gasteiger partial charge in [0.1, 0.15) is 12.1 Å². The second kappa shape index (κ2) is 2.51. The van der Waals surface area contributed by atoms with Crippen molar-refractivity contribution < 1.29 is 5.11 Å². The van der Waals surface area contributed by atoms with E-state index in [0.29, 0.717) is 0 Å². The Labute approximate surface area is 72.2 Å². The number of fused-ring (bicyclic) bond motifs is 1. The van der Waals surface area contributed by atoms with Crippen LogP contribution in [0.2, 0.25) is 0 Å². The zero-order valence-electron chi connectivity index (χ0n) is 6.80. The van der Waals surface area contributed by atoms with E-state index in [0.717, 1.165) is 4.52 Å². The molecule has 0 amide bonds. The van der Waals surface area contributed by atoms with Gasteiger partial charge in [-0.15, -0.1) is 0 Å². The van der Waals surface area contributed by atoms with Crippen LogP contribution in [-0.2, 0) is 0 Å². The van der Waals surface area contributed by atoms with Gasteiger partial charge in [0.15, 0.2) is 0 Å². The van der Waals surface area contributed by atoms with Crippen molar-refractivity contribution in [2.75, 3.05) is 0 Å². The van der Waals surface area contributed by atoms with Crippen LogP contribution >= 0.6 is 0 Å². The highest BCUT2D eigenvalue weighted by molar-refractivity contribution is 5.32. The third-order valence-corrected chi connectivity index (χ3v) is 1.65. The highest BCUT2D eigenvalue weighted by Crippen LogP contribution is 1.83. The molecule has 0 aliphatic rings. The molecule has 0 aliphatic carbocycles. The normalized spacial score (nSPS) is 13.3. The van der Waals surface area contributed by atoms with Crippen LogP contribution in [0.5, 0.6) is 0 Å². The molecule has 0 unspecified atom stereocenters. The SMILES string of the molecule is CC(O)=c1cnc2ncnn2c1=O. The van der Waals surface area contributed by atoms with Crippen LogP contribution in [0.3, 0.4) is 0 Å². The van der Waals surface area contributed by atoms with Crippen molar-refractivity contribution in [1.29, 1.82) is 0 Å². The molecule has 0 saturated heterocycles. The number of rotatable bonds is 0. The predicted octanol–water partition coefficient (Wildman–Crippen LogP) is -1.11. The van der Waals surface area contributed by atoms with Crippen molar-refractivity contribution in [3.05, 3.63) is 28.1 Å². The Bertz CT molecular complexity index is 555. The monoisotopic (exact) mass is 178 g/mol. The summed E-state index contributed by atoms with van der Waals surface area (Å²) in [6, 6.07) is 0. The summed E-state index contributed by atoms with van der Waals surface area (Å²) in [5, 5.41) is 12.9.